The number of halogens is 2. The Bertz CT molecular complexity index is 848. The van der Waals surface area contributed by atoms with Crippen LogP contribution in [0.1, 0.15) is 44.2 Å². The summed E-state index contributed by atoms with van der Waals surface area (Å²) >= 11 is 0. The Kier molecular flexibility index (Phi) is 5.73. The van der Waals surface area contributed by atoms with Crippen LogP contribution in [0, 0.1) is 24.0 Å². The van der Waals surface area contributed by atoms with Gasteiger partial charge < -0.3 is 10.1 Å². The number of rotatable bonds is 8. The van der Waals surface area contributed by atoms with Gasteiger partial charge in [0, 0.05) is 24.4 Å². The van der Waals surface area contributed by atoms with E-state index in [2.05, 4.69) is 5.32 Å². The molecule has 0 aliphatic heterocycles. The van der Waals surface area contributed by atoms with Crippen LogP contribution in [-0.2, 0) is 10.2 Å². The standard InChI is InChI=1S/C23H27F2NO2/c1-16-6-9-18(10-7-16)28-12-4-5-21(27)26-15-23(14-22(23,2)3)19-11-8-17(24)13-20(19)25/h6-11,13H,4-5,12,14-15H2,1-3H3,(H,26,27). The van der Waals surface area contributed by atoms with Crippen LogP contribution in [0.3, 0.4) is 0 Å². The minimum absolute atomic E-state index is 0.0860. The fourth-order valence-electron chi connectivity index (χ4n) is 3.84. The second-order valence-electron chi connectivity index (χ2n) is 8.31. The molecule has 1 aliphatic rings. The monoisotopic (exact) mass is 387 g/mol. The number of hydrogen-bond donors (Lipinski definition) is 1. The van der Waals surface area contributed by atoms with Crippen molar-refractivity contribution in [2.24, 2.45) is 5.41 Å². The number of aryl methyl sites for hydroxylation is 1. The average Bonchev–Trinajstić information content (AvgIpc) is 3.20. The van der Waals surface area contributed by atoms with Crippen molar-refractivity contribution < 1.29 is 18.3 Å². The van der Waals surface area contributed by atoms with Crippen molar-refractivity contribution in [3.05, 3.63) is 65.2 Å². The van der Waals surface area contributed by atoms with E-state index in [9.17, 15) is 13.6 Å². The molecule has 0 saturated heterocycles. The van der Waals surface area contributed by atoms with Crippen molar-refractivity contribution in [3.63, 3.8) is 0 Å². The zero-order chi connectivity index (χ0) is 20.4. The normalized spacial score (nSPS) is 19.9. The van der Waals surface area contributed by atoms with Crippen molar-refractivity contribution in [2.45, 2.75) is 45.4 Å². The van der Waals surface area contributed by atoms with Gasteiger partial charge in [-0.3, -0.25) is 4.79 Å². The van der Waals surface area contributed by atoms with Crippen LogP contribution in [0.5, 0.6) is 5.75 Å². The van der Waals surface area contributed by atoms with Crippen LogP contribution in [-0.4, -0.2) is 19.1 Å². The lowest BCUT2D eigenvalue weighted by Gasteiger charge is -2.22. The first-order valence-corrected chi connectivity index (χ1v) is 9.65. The predicted molar refractivity (Wildman–Crippen MR) is 105 cm³/mol. The molecule has 1 atom stereocenters. The fraction of sp³-hybridized carbons (Fsp3) is 0.435. The maximum atomic E-state index is 14.3. The molecule has 3 nitrogen and oxygen atoms in total. The van der Waals surface area contributed by atoms with Crippen LogP contribution < -0.4 is 10.1 Å². The van der Waals surface area contributed by atoms with E-state index in [0.717, 1.165) is 18.2 Å². The van der Waals surface area contributed by atoms with E-state index in [-0.39, 0.29) is 11.3 Å². The van der Waals surface area contributed by atoms with E-state index >= 15 is 0 Å². The Balaban J connectivity index is 1.49. The number of hydrogen-bond acceptors (Lipinski definition) is 2. The highest BCUT2D eigenvalue weighted by Gasteiger charge is 2.62. The van der Waals surface area contributed by atoms with Gasteiger partial charge in [0.1, 0.15) is 17.4 Å². The van der Waals surface area contributed by atoms with E-state index in [0.29, 0.717) is 31.6 Å². The number of nitrogens with one attached hydrogen (secondary N) is 1. The average molecular weight is 387 g/mol. The van der Waals surface area contributed by atoms with Crippen molar-refractivity contribution in [1.29, 1.82) is 0 Å². The summed E-state index contributed by atoms with van der Waals surface area (Å²) in [6, 6.07) is 11.5. The van der Waals surface area contributed by atoms with Crippen LogP contribution in [0.25, 0.3) is 0 Å². The highest BCUT2D eigenvalue weighted by molar-refractivity contribution is 5.76. The zero-order valence-electron chi connectivity index (χ0n) is 16.6. The highest BCUT2D eigenvalue weighted by atomic mass is 19.1. The van der Waals surface area contributed by atoms with Crippen LogP contribution in [0.4, 0.5) is 8.78 Å². The van der Waals surface area contributed by atoms with Crippen molar-refractivity contribution in [2.75, 3.05) is 13.2 Å². The summed E-state index contributed by atoms with van der Waals surface area (Å²) in [6.45, 7) is 6.90. The summed E-state index contributed by atoms with van der Waals surface area (Å²) in [5, 5.41) is 2.93. The first kappa shape index (κ1) is 20.3. The van der Waals surface area contributed by atoms with Gasteiger partial charge in [0.15, 0.2) is 0 Å². The maximum Gasteiger partial charge on any atom is 0.220 e. The predicted octanol–water partition coefficient (Wildman–Crippen LogP) is 4.92. The summed E-state index contributed by atoms with van der Waals surface area (Å²) in [6.07, 6.45) is 1.69. The van der Waals surface area contributed by atoms with Gasteiger partial charge in [-0.25, -0.2) is 8.78 Å². The van der Waals surface area contributed by atoms with Gasteiger partial charge in [-0.1, -0.05) is 37.6 Å². The van der Waals surface area contributed by atoms with Gasteiger partial charge in [0.2, 0.25) is 5.91 Å². The lowest BCUT2D eigenvalue weighted by Crippen LogP contribution is -2.35. The van der Waals surface area contributed by atoms with E-state index in [1.54, 1.807) is 0 Å². The number of ether oxygens (including phenoxy) is 1. The number of carbonyl (C=O) groups is 1. The molecule has 0 spiro atoms. The lowest BCUT2D eigenvalue weighted by atomic mass is 9.87. The molecule has 28 heavy (non-hydrogen) atoms. The first-order valence-electron chi connectivity index (χ1n) is 9.65. The minimum Gasteiger partial charge on any atom is -0.494 e. The molecule has 3 rings (SSSR count). The minimum atomic E-state index is -0.590. The third-order valence-corrected chi connectivity index (χ3v) is 5.79. The number of amides is 1. The smallest absolute Gasteiger partial charge is 0.220 e. The number of benzene rings is 2. The van der Waals surface area contributed by atoms with Crippen molar-refractivity contribution in [3.8, 4) is 5.75 Å². The largest absolute Gasteiger partial charge is 0.494 e. The molecule has 150 valence electrons. The Hall–Kier alpha value is -2.43. The van der Waals surface area contributed by atoms with E-state index in [1.807, 2.05) is 45.0 Å². The Morgan fingerprint density at radius 2 is 1.82 bits per heavy atom. The molecule has 1 aliphatic carbocycles. The Morgan fingerprint density at radius 1 is 1.14 bits per heavy atom. The van der Waals surface area contributed by atoms with Crippen molar-refractivity contribution >= 4 is 5.91 Å². The molecule has 0 bridgehead atoms. The third kappa shape index (κ3) is 4.34. The van der Waals surface area contributed by atoms with E-state index in [4.69, 9.17) is 4.74 Å². The molecule has 1 unspecified atom stereocenters. The third-order valence-electron chi connectivity index (χ3n) is 5.79. The molecule has 0 aromatic heterocycles. The summed E-state index contributed by atoms with van der Waals surface area (Å²) in [5.41, 5.74) is 1.01. The lowest BCUT2D eigenvalue weighted by molar-refractivity contribution is -0.121. The van der Waals surface area contributed by atoms with Gasteiger partial charge in [-0.15, -0.1) is 0 Å². The zero-order valence-corrected chi connectivity index (χ0v) is 16.6. The maximum absolute atomic E-state index is 14.3. The van der Waals surface area contributed by atoms with Crippen LogP contribution in [0.15, 0.2) is 42.5 Å². The fourth-order valence-corrected chi connectivity index (χ4v) is 3.84. The van der Waals surface area contributed by atoms with E-state index in [1.165, 1.54) is 17.7 Å². The molecule has 1 saturated carbocycles. The molecule has 1 fully saturated rings. The summed E-state index contributed by atoms with van der Waals surface area (Å²) in [4.78, 5) is 12.2. The van der Waals surface area contributed by atoms with Crippen molar-refractivity contribution in [1.82, 2.24) is 5.32 Å². The Labute approximate surface area is 165 Å². The molecule has 1 amide bonds. The Morgan fingerprint density at radius 3 is 2.43 bits per heavy atom. The molecule has 2 aromatic carbocycles. The van der Waals surface area contributed by atoms with Crippen LogP contribution in [0.2, 0.25) is 0 Å². The van der Waals surface area contributed by atoms with Gasteiger partial charge in [0.25, 0.3) is 0 Å². The molecular formula is C23H27F2NO2. The summed E-state index contributed by atoms with van der Waals surface area (Å²) in [5.74, 6) is -0.438. The quantitative estimate of drug-likeness (QED) is 0.653. The van der Waals surface area contributed by atoms with Gasteiger partial charge in [0.05, 0.1) is 6.61 Å². The van der Waals surface area contributed by atoms with Gasteiger partial charge in [-0.05, 0) is 48.9 Å². The molecule has 5 heteroatoms. The highest BCUT2D eigenvalue weighted by Crippen LogP contribution is 2.64. The molecule has 1 N–H and O–H groups in total. The SMILES string of the molecule is Cc1ccc(OCCCC(=O)NCC2(c3ccc(F)cc3F)CC2(C)C)cc1. The van der Waals surface area contributed by atoms with Crippen LogP contribution >= 0.6 is 0 Å². The van der Waals surface area contributed by atoms with Gasteiger partial charge >= 0.3 is 0 Å². The number of carbonyl (C=O) groups excluding carboxylic acids is 1. The topological polar surface area (TPSA) is 38.3 Å². The second kappa shape index (κ2) is 7.90. The van der Waals surface area contributed by atoms with E-state index < -0.39 is 17.0 Å². The molecular weight excluding hydrogens is 360 g/mol. The molecule has 0 heterocycles. The summed E-state index contributed by atoms with van der Waals surface area (Å²) < 4.78 is 33.2. The molecule has 0 radical (unpaired) electrons. The molecule has 2 aromatic rings. The summed E-state index contributed by atoms with van der Waals surface area (Å²) in [7, 11) is 0. The second-order valence-corrected chi connectivity index (χ2v) is 8.31. The van der Waals surface area contributed by atoms with Gasteiger partial charge in [-0.2, -0.15) is 0 Å². The first-order chi connectivity index (χ1) is 13.2.